The van der Waals surface area contributed by atoms with Crippen LogP contribution in [0.3, 0.4) is 0 Å². The molecule has 2 aliphatic heterocycles. The summed E-state index contributed by atoms with van der Waals surface area (Å²) in [7, 11) is 1.83. The molecule has 0 amide bonds. The lowest BCUT2D eigenvalue weighted by atomic mass is 9.76. The molecule has 124 valence electrons. The molecule has 22 heavy (non-hydrogen) atoms. The predicted molar refractivity (Wildman–Crippen MR) is 87.8 cm³/mol. The van der Waals surface area contributed by atoms with Crippen molar-refractivity contribution in [3.05, 3.63) is 24.2 Å². The zero-order valence-electron chi connectivity index (χ0n) is 14.3. The van der Waals surface area contributed by atoms with Gasteiger partial charge in [0, 0.05) is 37.8 Å². The molecule has 2 fully saturated rings. The van der Waals surface area contributed by atoms with Crippen molar-refractivity contribution in [3.63, 3.8) is 0 Å². The van der Waals surface area contributed by atoms with Crippen LogP contribution >= 0.6 is 0 Å². The summed E-state index contributed by atoms with van der Waals surface area (Å²) in [6, 6.07) is 3.30. The van der Waals surface area contributed by atoms with Crippen molar-refractivity contribution in [3.8, 4) is 0 Å². The SMILES string of the molecule is COC[C@@H]1CC2(CCN(Cc3ccoc3)CC2)CN1C(C)C. The summed E-state index contributed by atoms with van der Waals surface area (Å²) in [5.41, 5.74) is 1.81. The molecule has 1 aromatic heterocycles. The maximum atomic E-state index is 5.47. The zero-order valence-corrected chi connectivity index (χ0v) is 14.3. The molecule has 0 saturated carbocycles. The van der Waals surface area contributed by atoms with Crippen LogP contribution < -0.4 is 0 Å². The molecule has 3 heterocycles. The quantitative estimate of drug-likeness (QED) is 0.836. The Kier molecular flexibility index (Phi) is 4.91. The topological polar surface area (TPSA) is 28.9 Å². The van der Waals surface area contributed by atoms with Crippen LogP contribution in [-0.4, -0.2) is 55.2 Å². The Labute approximate surface area is 134 Å². The van der Waals surface area contributed by atoms with Crippen LogP contribution in [-0.2, 0) is 11.3 Å². The van der Waals surface area contributed by atoms with Gasteiger partial charge in [-0.2, -0.15) is 0 Å². The van der Waals surface area contributed by atoms with Crippen molar-refractivity contribution in [2.24, 2.45) is 5.41 Å². The highest BCUT2D eigenvalue weighted by Gasteiger charge is 2.45. The highest BCUT2D eigenvalue weighted by Crippen LogP contribution is 2.44. The van der Waals surface area contributed by atoms with Crippen LogP contribution in [0.15, 0.2) is 23.0 Å². The Bertz CT molecular complexity index is 450. The molecule has 0 bridgehead atoms. The molecule has 1 atom stereocenters. The van der Waals surface area contributed by atoms with Gasteiger partial charge in [-0.05, 0) is 57.7 Å². The van der Waals surface area contributed by atoms with Gasteiger partial charge in [0.2, 0.25) is 0 Å². The highest BCUT2D eigenvalue weighted by molar-refractivity contribution is 5.06. The Hall–Kier alpha value is -0.840. The number of hydrogen-bond acceptors (Lipinski definition) is 4. The minimum atomic E-state index is 0.514. The van der Waals surface area contributed by atoms with Crippen molar-refractivity contribution in [1.82, 2.24) is 9.80 Å². The van der Waals surface area contributed by atoms with Gasteiger partial charge in [0.1, 0.15) is 0 Å². The number of methoxy groups -OCH3 is 1. The molecular weight excluding hydrogens is 276 g/mol. The predicted octanol–water partition coefficient (Wildman–Crippen LogP) is 2.99. The third-order valence-electron chi connectivity index (χ3n) is 5.58. The molecule has 1 spiro atoms. The smallest absolute Gasteiger partial charge is 0.0947 e. The van der Waals surface area contributed by atoms with E-state index in [0.29, 0.717) is 17.5 Å². The van der Waals surface area contributed by atoms with Crippen molar-refractivity contribution in [2.75, 3.05) is 33.4 Å². The van der Waals surface area contributed by atoms with Crippen molar-refractivity contribution in [2.45, 2.75) is 51.7 Å². The fourth-order valence-corrected chi connectivity index (χ4v) is 4.34. The summed E-state index contributed by atoms with van der Waals surface area (Å²) >= 11 is 0. The standard InChI is InChI=1S/C18H30N2O2/c1-15(2)20-14-18(10-17(20)13-21-3)5-7-19(8-6-18)11-16-4-9-22-12-16/h4,9,12,15,17H,5-8,10-11,13-14H2,1-3H3/t17-/m0/s1. The summed E-state index contributed by atoms with van der Waals surface area (Å²) < 4.78 is 10.7. The average molecular weight is 306 g/mol. The minimum absolute atomic E-state index is 0.514. The maximum Gasteiger partial charge on any atom is 0.0947 e. The van der Waals surface area contributed by atoms with Crippen LogP contribution in [0.25, 0.3) is 0 Å². The van der Waals surface area contributed by atoms with E-state index in [1.165, 1.54) is 44.5 Å². The van der Waals surface area contributed by atoms with E-state index in [2.05, 4.69) is 29.7 Å². The van der Waals surface area contributed by atoms with Crippen LogP contribution in [0.2, 0.25) is 0 Å². The number of furan rings is 1. The minimum Gasteiger partial charge on any atom is -0.472 e. The summed E-state index contributed by atoms with van der Waals surface area (Å²) in [4.78, 5) is 5.23. The summed E-state index contributed by atoms with van der Waals surface area (Å²) in [5.74, 6) is 0. The first kappa shape index (κ1) is 16.0. The number of likely N-dealkylation sites (tertiary alicyclic amines) is 2. The maximum absolute atomic E-state index is 5.47. The van der Waals surface area contributed by atoms with Gasteiger partial charge in [0.05, 0.1) is 19.1 Å². The summed E-state index contributed by atoms with van der Waals surface area (Å²) in [6.07, 6.45) is 7.57. The van der Waals surface area contributed by atoms with E-state index in [1.54, 1.807) is 6.26 Å². The molecule has 1 aromatic rings. The van der Waals surface area contributed by atoms with Gasteiger partial charge in [-0.1, -0.05) is 0 Å². The molecule has 0 unspecified atom stereocenters. The van der Waals surface area contributed by atoms with Gasteiger partial charge < -0.3 is 9.15 Å². The van der Waals surface area contributed by atoms with Gasteiger partial charge in [-0.3, -0.25) is 9.80 Å². The van der Waals surface area contributed by atoms with Gasteiger partial charge in [0.15, 0.2) is 0 Å². The zero-order chi connectivity index (χ0) is 15.6. The molecule has 2 saturated heterocycles. The van der Waals surface area contributed by atoms with Crippen LogP contribution in [0.5, 0.6) is 0 Å². The van der Waals surface area contributed by atoms with E-state index in [4.69, 9.17) is 9.15 Å². The number of piperidine rings is 1. The molecule has 3 rings (SSSR count). The van der Waals surface area contributed by atoms with Gasteiger partial charge in [0.25, 0.3) is 0 Å². The number of ether oxygens (including phenoxy) is 1. The van der Waals surface area contributed by atoms with Gasteiger partial charge in [-0.25, -0.2) is 0 Å². The van der Waals surface area contributed by atoms with Gasteiger partial charge >= 0.3 is 0 Å². The lowest BCUT2D eigenvalue weighted by Crippen LogP contribution is -2.42. The average Bonchev–Trinajstić information content (AvgIpc) is 3.11. The number of hydrogen-bond donors (Lipinski definition) is 0. The number of rotatable bonds is 5. The van der Waals surface area contributed by atoms with E-state index >= 15 is 0 Å². The lowest BCUT2D eigenvalue weighted by molar-refractivity contribution is 0.0915. The van der Waals surface area contributed by atoms with E-state index in [1.807, 2.05) is 13.4 Å². The molecule has 2 aliphatic rings. The fraction of sp³-hybridized carbons (Fsp3) is 0.778. The first-order chi connectivity index (χ1) is 10.6. The molecule has 0 aliphatic carbocycles. The van der Waals surface area contributed by atoms with Crippen molar-refractivity contribution < 1.29 is 9.15 Å². The third kappa shape index (κ3) is 3.39. The largest absolute Gasteiger partial charge is 0.472 e. The Morgan fingerprint density at radius 1 is 1.36 bits per heavy atom. The number of nitrogens with zero attached hydrogens (tertiary/aromatic N) is 2. The van der Waals surface area contributed by atoms with E-state index in [9.17, 15) is 0 Å². The summed E-state index contributed by atoms with van der Waals surface area (Å²) in [6.45, 7) is 10.2. The molecule has 4 nitrogen and oxygen atoms in total. The van der Waals surface area contributed by atoms with E-state index in [0.717, 1.165) is 13.2 Å². The monoisotopic (exact) mass is 306 g/mol. The Balaban J connectivity index is 1.57. The van der Waals surface area contributed by atoms with E-state index < -0.39 is 0 Å². The lowest BCUT2D eigenvalue weighted by Gasteiger charge is -2.39. The third-order valence-corrected chi connectivity index (χ3v) is 5.58. The molecule has 4 heteroatoms. The second-order valence-electron chi connectivity index (χ2n) is 7.49. The first-order valence-electron chi connectivity index (χ1n) is 8.60. The highest BCUT2D eigenvalue weighted by atomic mass is 16.5. The second kappa shape index (κ2) is 6.73. The van der Waals surface area contributed by atoms with Crippen LogP contribution in [0, 0.1) is 5.41 Å². The first-order valence-corrected chi connectivity index (χ1v) is 8.60. The van der Waals surface area contributed by atoms with Gasteiger partial charge in [-0.15, -0.1) is 0 Å². The molecular formula is C18H30N2O2. The van der Waals surface area contributed by atoms with Crippen molar-refractivity contribution in [1.29, 1.82) is 0 Å². The summed E-state index contributed by atoms with van der Waals surface area (Å²) in [5, 5.41) is 0. The molecule has 0 radical (unpaired) electrons. The fourth-order valence-electron chi connectivity index (χ4n) is 4.34. The second-order valence-corrected chi connectivity index (χ2v) is 7.49. The molecule has 0 aromatic carbocycles. The molecule has 0 N–H and O–H groups in total. The normalized spacial score (nSPS) is 26.3. The van der Waals surface area contributed by atoms with Crippen LogP contribution in [0.4, 0.5) is 0 Å². The Morgan fingerprint density at radius 3 is 2.73 bits per heavy atom. The van der Waals surface area contributed by atoms with Crippen LogP contribution in [0.1, 0.15) is 38.7 Å². The van der Waals surface area contributed by atoms with Crippen molar-refractivity contribution >= 4 is 0 Å². The van der Waals surface area contributed by atoms with E-state index in [-0.39, 0.29) is 0 Å². The Morgan fingerprint density at radius 2 is 2.14 bits per heavy atom.